The van der Waals surface area contributed by atoms with E-state index in [0.717, 1.165) is 6.54 Å². The summed E-state index contributed by atoms with van der Waals surface area (Å²) in [6.45, 7) is 12.3. The van der Waals surface area contributed by atoms with Gasteiger partial charge in [-0.05, 0) is 24.0 Å². The fourth-order valence-corrected chi connectivity index (χ4v) is 5.82. The van der Waals surface area contributed by atoms with Gasteiger partial charge in [-0.15, -0.1) is 0 Å². The van der Waals surface area contributed by atoms with Crippen LogP contribution in [0.2, 0.25) is 11.1 Å². The van der Waals surface area contributed by atoms with E-state index < -0.39 is 8.48 Å². The topological polar surface area (TPSA) is 21.3 Å². The molecule has 2 nitrogen and oxygen atoms in total. The molecule has 0 aliphatic heterocycles. The summed E-state index contributed by atoms with van der Waals surface area (Å²) in [4.78, 5) is 3.65. The average Bonchev–Trinajstić information content (AvgIpc) is 2.05. The predicted molar refractivity (Wildman–Crippen MR) is 61.3 cm³/mol. The third kappa shape index (κ3) is 3.08. The third-order valence-corrected chi connectivity index (χ3v) is 7.61. The Bertz CT molecular complexity index is 129. The molecule has 0 spiro atoms. The summed E-state index contributed by atoms with van der Waals surface area (Å²) >= 11 is 0. The number of hydrogen-bond donors (Lipinski definition) is 1. The van der Waals surface area contributed by atoms with Crippen molar-refractivity contribution in [1.29, 1.82) is 0 Å². The minimum Gasteiger partial charge on any atom is -0.406 e. The first-order valence-corrected chi connectivity index (χ1v) is 7.37. The lowest BCUT2D eigenvalue weighted by molar-refractivity contribution is 0.355. The molecule has 0 aliphatic carbocycles. The van der Waals surface area contributed by atoms with Gasteiger partial charge in [0.05, 0.1) is 0 Å². The van der Waals surface area contributed by atoms with Gasteiger partial charge in [-0.3, -0.25) is 0 Å². The van der Waals surface area contributed by atoms with Crippen molar-refractivity contribution in [3.05, 3.63) is 0 Å². The first kappa shape index (κ1) is 13.1. The van der Waals surface area contributed by atoms with Gasteiger partial charge in [0, 0.05) is 7.11 Å². The average molecular weight is 203 g/mol. The Morgan fingerprint density at radius 3 is 1.85 bits per heavy atom. The van der Waals surface area contributed by atoms with E-state index >= 15 is 0 Å². The maximum absolute atomic E-state index is 5.79. The van der Waals surface area contributed by atoms with Crippen LogP contribution < -0.4 is 4.98 Å². The number of rotatable bonds is 6. The normalized spacial score (nSPS) is 12.9. The van der Waals surface area contributed by atoms with E-state index in [1.165, 1.54) is 6.42 Å². The Morgan fingerprint density at radius 2 is 1.62 bits per heavy atom. The molecule has 0 aliphatic rings. The van der Waals surface area contributed by atoms with Gasteiger partial charge in [-0.1, -0.05) is 34.6 Å². The van der Waals surface area contributed by atoms with Crippen LogP contribution in [0.25, 0.3) is 0 Å². The largest absolute Gasteiger partial charge is 0.406 e. The summed E-state index contributed by atoms with van der Waals surface area (Å²) in [5, 5.41) is 0. The molecule has 0 amide bonds. The van der Waals surface area contributed by atoms with E-state index in [1.54, 1.807) is 0 Å². The Balaban J connectivity index is 4.45. The van der Waals surface area contributed by atoms with Crippen molar-refractivity contribution in [3.8, 4) is 0 Å². The molecule has 0 radical (unpaired) electrons. The first-order chi connectivity index (χ1) is 6.01. The van der Waals surface area contributed by atoms with Gasteiger partial charge in [-0.2, -0.15) is 0 Å². The molecular formula is C10H25NOSi. The molecule has 0 aromatic carbocycles. The van der Waals surface area contributed by atoms with Crippen molar-refractivity contribution in [2.45, 2.75) is 52.1 Å². The zero-order valence-electron chi connectivity index (χ0n) is 9.98. The van der Waals surface area contributed by atoms with Gasteiger partial charge in [0.25, 0.3) is 8.48 Å². The third-order valence-electron chi connectivity index (χ3n) is 2.70. The quantitative estimate of drug-likeness (QED) is 0.670. The monoisotopic (exact) mass is 203 g/mol. The van der Waals surface area contributed by atoms with Gasteiger partial charge in [0.15, 0.2) is 0 Å². The van der Waals surface area contributed by atoms with Gasteiger partial charge >= 0.3 is 0 Å². The molecule has 0 bridgehead atoms. The van der Waals surface area contributed by atoms with Crippen LogP contribution in [0.1, 0.15) is 41.0 Å². The predicted octanol–water partition coefficient (Wildman–Crippen LogP) is 2.89. The summed E-state index contributed by atoms with van der Waals surface area (Å²) in [6, 6.07) is 0. The Hall–Kier alpha value is 0.137. The van der Waals surface area contributed by atoms with E-state index in [2.05, 4.69) is 39.6 Å². The van der Waals surface area contributed by atoms with Crippen molar-refractivity contribution in [1.82, 2.24) is 4.98 Å². The number of nitrogens with one attached hydrogen (secondary N) is 1. The second-order valence-corrected chi connectivity index (χ2v) is 8.89. The van der Waals surface area contributed by atoms with Crippen LogP contribution in [-0.4, -0.2) is 22.1 Å². The van der Waals surface area contributed by atoms with Crippen molar-refractivity contribution in [2.24, 2.45) is 0 Å². The summed E-state index contributed by atoms with van der Waals surface area (Å²) in [7, 11) is 0.161. The highest BCUT2D eigenvalue weighted by atomic mass is 28.4. The lowest BCUT2D eigenvalue weighted by atomic mass is 10.5. The molecule has 0 aromatic rings. The minimum absolute atomic E-state index is 0.629. The fraction of sp³-hybridized carbons (Fsp3) is 1.00. The summed E-state index contributed by atoms with van der Waals surface area (Å²) in [6.07, 6.45) is 1.18. The van der Waals surface area contributed by atoms with Gasteiger partial charge < -0.3 is 9.41 Å². The standard InChI is InChI=1S/C10H25NOSi/c1-7-8-11-13(12-6,9(2)3)10(4)5/h9-11H,7-8H2,1-6H3. The zero-order valence-corrected chi connectivity index (χ0v) is 11.0. The van der Waals surface area contributed by atoms with Crippen LogP contribution in [0.3, 0.4) is 0 Å². The fourth-order valence-electron chi connectivity index (χ4n) is 1.94. The van der Waals surface area contributed by atoms with Crippen LogP contribution in [0.4, 0.5) is 0 Å². The molecular weight excluding hydrogens is 178 g/mol. The molecule has 13 heavy (non-hydrogen) atoms. The minimum atomic E-state index is -1.70. The molecule has 0 heterocycles. The van der Waals surface area contributed by atoms with Crippen molar-refractivity contribution < 1.29 is 4.43 Å². The van der Waals surface area contributed by atoms with Gasteiger partial charge in [0.1, 0.15) is 0 Å². The molecule has 0 unspecified atom stereocenters. The second-order valence-electron chi connectivity index (χ2n) is 4.23. The lowest BCUT2D eigenvalue weighted by Crippen LogP contribution is -2.57. The van der Waals surface area contributed by atoms with Crippen LogP contribution in [0.5, 0.6) is 0 Å². The Labute approximate surface area is 84.3 Å². The maximum atomic E-state index is 5.79. The molecule has 0 aromatic heterocycles. The Kier molecular flexibility index (Phi) is 5.84. The van der Waals surface area contributed by atoms with Gasteiger partial charge in [-0.25, -0.2) is 0 Å². The van der Waals surface area contributed by atoms with Crippen LogP contribution in [0, 0.1) is 0 Å². The van der Waals surface area contributed by atoms with E-state index in [-0.39, 0.29) is 0 Å². The maximum Gasteiger partial charge on any atom is 0.273 e. The molecule has 0 saturated heterocycles. The first-order valence-electron chi connectivity index (χ1n) is 5.31. The van der Waals surface area contributed by atoms with Crippen LogP contribution in [0.15, 0.2) is 0 Å². The highest BCUT2D eigenvalue weighted by molar-refractivity contribution is 6.73. The smallest absolute Gasteiger partial charge is 0.273 e. The molecule has 3 heteroatoms. The van der Waals surface area contributed by atoms with Crippen molar-refractivity contribution >= 4 is 8.48 Å². The van der Waals surface area contributed by atoms with E-state index in [9.17, 15) is 0 Å². The zero-order chi connectivity index (χ0) is 10.5. The summed E-state index contributed by atoms with van der Waals surface area (Å²) in [5.41, 5.74) is 1.26. The van der Waals surface area contributed by atoms with Crippen molar-refractivity contribution in [2.75, 3.05) is 13.7 Å². The molecule has 0 rings (SSSR count). The van der Waals surface area contributed by atoms with Gasteiger partial charge in [0.2, 0.25) is 0 Å². The summed E-state index contributed by atoms with van der Waals surface area (Å²) in [5.74, 6) is 0. The van der Waals surface area contributed by atoms with Crippen LogP contribution >= 0.6 is 0 Å². The SMILES string of the molecule is CCCN[Si](OC)(C(C)C)C(C)C. The molecule has 80 valence electrons. The lowest BCUT2D eigenvalue weighted by Gasteiger charge is -2.37. The van der Waals surface area contributed by atoms with E-state index in [4.69, 9.17) is 4.43 Å². The molecule has 0 atom stereocenters. The van der Waals surface area contributed by atoms with Crippen LogP contribution in [-0.2, 0) is 4.43 Å². The van der Waals surface area contributed by atoms with Crippen molar-refractivity contribution in [3.63, 3.8) is 0 Å². The molecule has 0 saturated carbocycles. The number of hydrogen-bond acceptors (Lipinski definition) is 2. The molecule has 0 fully saturated rings. The molecule has 1 N–H and O–H groups in total. The summed E-state index contributed by atoms with van der Waals surface area (Å²) < 4.78 is 5.79. The Morgan fingerprint density at radius 1 is 1.15 bits per heavy atom. The van der Waals surface area contributed by atoms with E-state index in [0.29, 0.717) is 11.1 Å². The highest BCUT2D eigenvalue weighted by Crippen LogP contribution is 2.29. The second kappa shape index (κ2) is 5.78. The highest BCUT2D eigenvalue weighted by Gasteiger charge is 2.40. The van der Waals surface area contributed by atoms with E-state index in [1.807, 2.05) is 7.11 Å².